The molecule has 0 fully saturated rings. The molecule has 29 heavy (non-hydrogen) atoms. The number of nitrogens with zero attached hydrogens (tertiary/aromatic N) is 4. The number of methoxy groups -OCH3 is 1. The van der Waals surface area contributed by atoms with Crippen LogP contribution >= 0.6 is 0 Å². The molecule has 2 heterocycles. The quantitative estimate of drug-likeness (QED) is 0.479. The van der Waals surface area contributed by atoms with Gasteiger partial charge in [0.2, 0.25) is 5.95 Å². The van der Waals surface area contributed by atoms with Crippen molar-refractivity contribution in [3.63, 3.8) is 0 Å². The van der Waals surface area contributed by atoms with Gasteiger partial charge in [-0.3, -0.25) is 0 Å². The van der Waals surface area contributed by atoms with Crippen molar-refractivity contribution in [3.8, 4) is 11.4 Å². The molecule has 0 unspecified atom stereocenters. The molecule has 7 heteroatoms. The minimum atomic E-state index is -0.427. The van der Waals surface area contributed by atoms with Crippen LogP contribution in [0.5, 0.6) is 5.75 Å². The van der Waals surface area contributed by atoms with E-state index < -0.39 is 5.82 Å². The van der Waals surface area contributed by atoms with Crippen molar-refractivity contribution in [2.24, 2.45) is 0 Å². The fourth-order valence-electron chi connectivity index (χ4n) is 3.31. The number of ether oxygens (including phenoxy) is 1. The summed E-state index contributed by atoms with van der Waals surface area (Å²) >= 11 is 0. The first-order chi connectivity index (χ1) is 14.2. The van der Waals surface area contributed by atoms with Gasteiger partial charge in [-0.25, -0.2) is 14.1 Å². The number of hydrogen-bond acceptors (Lipinski definition) is 5. The van der Waals surface area contributed by atoms with Gasteiger partial charge in [-0.2, -0.15) is 10.1 Å². The van der Waals surface area contributed by atoms with E-state index in [2.05, 4.69) is 38.6 Å². The Balaban J connectivity index is 1.59. The highest BCUT2D eigenvalue weighted by Crippen LogP contribution is 2.26. The van der Waals surface area contributed by atoms with Crippen LogP contribution in [-0.2, 0) is 0 Å². The zero-order valence-electron chi connectivity index (χ0n) is 15.5. The van der Waals surface area contributed by atoms with E-state index in [9.17, 15) is 4.39 Å². The Hall–Kier alpha value is -4.00. The molecule has 2 aromatic heterocycles. The highest BCUT2D eigenvalue weighted by atomic mass is 19.1. The van der Waals surface area contributed by atoms with E-state index in [1.54, 1.807) is 29.2 Å². The van der Waals surface area contributed by atoms with Crippen molar-refractivity contribution in [1.29, 1.82) is 0 Å². The summed E-state index contributed by atoms with van der Waals surface area (Å²) < 4.78 is 20.5. The van der Waals surface area contributed by atoms with E-state index in [4.69, 9.17) is 4.74 Å². The number of hydrogen-bond donors (Lipinski definition) is 1. The average molecular weight is 385 g/mol. The largest absolute Gasteiger partial charge is 0.494 e. The lowest BCUT2D eigenvalue weighted by molar-refractivity contribution is 0.387. The average Bonchev–Trinajstić information content (AvgIpc) is 3.18. The van der Waals surface area contributed by atoms with Gasteiger partial charge < -0.3 is 10.1 Å². The Morgan fingerprint density at radius 1 is 0.966 bits per heavy atom. The van der Waals surface area contributed by atoms with Crippen molar-refractivity contribution >= 4 is 33.4 Å². The van der Waals surface area contributed by atoms with E-state index in [0.29, 0.717) is 17.3 Å². The molecule has 0 amide bonds. The lowest BCUT2D eigenvalue weighted by Crippen LogP contribution is -2.02. The molecule has 5 aromatic rings. The summed E-state index contributed by atoms with van der Waals surface area (Å²) in [6.45, 7) is 0. The van der Waals surface area contributed by atoms with Gasteiger partial charge in [-0.05, 0) is 23.6 Å². The lowest BCUT2D eigenvalue weighted by atomic mass is 10.1. The molecule has 6 nitrogen and oxygen atoms in total. The maximum Gasteiger partial charge on any atom is 0.229 e. The van der Waals surface area contributed by atoms with Crippen LogP contribution in [0, 0.1) is 5.82 Å². The summed E-state index contributed by atoms with van der Waals surface area (Å²) in [5, 5.41) is 10.6. The second kappa shape index (κ2) is 6.87. The Morgan fingerprint density at radius 3 is 2.72 bits per heavy atom. The molecular weight excluding hydrogens is 369 g/mol. The minimum Gasteiger partial charge on any atom is -0.494 e. The van der Waals surface area contributed by atoms with Crippen LogP contribution in [0.1, 0.15) is 0 Å². The van der Waals surface area contributed by atoms with Crippen molar-refractivity contribution in [1.82, 2.24) is 19.7 Å². The molecule has 0 aliphatic heterocycles. The normalized spacial score (nSPS) is 11.1. The number of halogens is 1. The van der Waals surface area contributed by atoms with Gasteiger partial charge >= 0.3 is 0 Å². The topological polar surface area (TPSA) is 64.9 Å². The Bertz CT molecular complexity index is 1340. The third-order valence-electron chi connectivity index (χ3n) is 4.71. The van der Waals surface area contributed by atoms with E-state index in [-0.39, 0.29) is 5.75 Å². The monoisotopic (exact) mass is 385 g/mol. The maximum atomic E-state index is 13.6. The van der Waals surface area contributed by atoms with Gasteiger partial charge in [0.05, 0.1) is 24.4 Å². The third kappa shape index (κ3) is 3.02. The van der Waals surface area contributed by atoms with Crippen LogP contribution in [0.25, 0.3) is 27.5 Å². The van der Waals surface area contributed by atoms with Crippen LogP contribution in [0.3, 0.4) is 0 Å². The number of fused-ring (bicyclic) bond motifs is 2. The summed E-state index contributed by atoms with van der Waals surface area (Å²) in [5.41, 5.74) is 2.23. The molecule has 0 radical (unpaired) electrons. The molecular formula is C22H16FN5O. The summed E-state index contributed by atoms with van der Waals surface area (Å²) in [6, 6.07) is 18.7. The van der Waals surface area contributed by atoms with Gasteiger partial charge in [0.15, 0.2) is 17.2 Å². The zero-order chi connectivity index (χ0) is 19.8. The molecule has 0 saturated carbocycles. The van der Waals surface area contributed by atoms with Crippen molar-refractivity contribution < 1.29 is 9.13 Å². The second-order valence-electron chi connectivity index (χ2n) is 6.50. The van der Waals surface area contributed by atoms with Gasteiger partial charge in [-0.15, -0.1) is 0 Å². The first-order valence-corrected chi connectivity index (χ1v) is 9.02. The predicted octanol–water partition coefficient (Wildman–Crippen LogP) is 4.86. The van der Waals surface area contributed by atoms with Crippen LogP contribution in [-0.4, -0.2) is 26.9 Å². The van der Waals surface area contributed by atoms with E-state index in [1.807, 2.05) is 24.3 Å². The Kier molecular flexibility index (Phi) is 4.05. The van der Waals surface area contributed by atoms with Crippen LogP contribution < -0.4 is 10.1 Å². The molecule has 0 bridgehead atoms. The minimum absolute atomic E-state index is 0.150. The molecule has 3 aromatic carbocycles. The first-order valence-electron chi connectivity index (χ1n) is 9.02. The molecule has 0 spiro atoms. The zero-order valence-corrected chi connectivity index (χ0v) is 15.5. The van der Waals surface area contributed by atoms with E-state index >= 15 is 0 Å². The van der Waals surface area contributed by atoms with Crippen molar-refractivity contribution in [2.75, 3.05) is 12.4 Å². The molecule has 1 N–H and O–H groups in total. The number of anilines is 2. The number of benzene rings is 3. The Morgan fingerprint density at radius 2 is 1.83 bits per heavy atom. The summed E-state index contributed by atoms with van der Waals surface area (Å²) in [4.78, 5) is 8.97. The summed E-state index contributed by atoms with van der Waals surface area (Å²) in [7, 11) is 1.42. The molecule has 0 aliphatic rings. The van der Waals surface area contributed by atoms with Crippen molar-refractivity contribution in [2.45, 2.75) is 0 Å². The predicted molar refractivity (Wildman–Crippen MR) is 110 cm³/mol. The molecule has 0 aliphatic carbocycles. The van der Waals surface area contributed by atoms with Gasteiger partial charge in [0.1, 0.15) is 0 Å². The first kappa shape index (κ1) is 17.1. The van der Waals surface area contributed by atoms with E-state index in [0.717, 1.165) is 21.8 Å². The van der Waals surface area contributed by atoms with E-state index in [1.165, 1.54) is 13.2 Å². The standard InChI is InChI=1S/C22H16FN5O/c1-29-20-11-16(9-10-18(20)23)26-22-24-12-15-13-25-28(21(15)27-22)19-8-4-6-14-5-2-3-7-17(14)19/h2-13H,1H3,(H,24,26,27). The summed E-state index contributed by atoms with van der Waals surface area (Å²) in [5.74, 6) is 0.105. The molecule has 0 atom stereocenters. The Labute approximate surface area is 165 Å². The molecule has 142 valence electrons. The molecule has 5 rings (SSSR count). The van der Waals surface area contributed by atoms with Crippen molar-refractivity contribution in [3.05, 3.63) is 78.9 Å². The van der Waals surface area contributed by atoms with Gasteiger partial charge in [-0.1, -0.05) is 36.4 Å². The summed E-state index contributed by atoms with van der Waals surface area (Å²) in [6.07, 6.45) is 3.45. The van der Waals surface area contributed by atoms with Crippen LogP contribution in [0.2, 0.25) is 0 Å². The second-order valence-corrected chi connectivity index (χ2v) is 6.50. The highest BCUT2D eigenvalue weighted by molar-refractivity contribution is 5.91. The SMILES string of the molecule is COc1cc(Nc2ncc3cnn(-c4cccc5ccccc45)c3n2)ccc1F. The number of nitrogens with one attached hydrogen (secondary N) is 1. The fourth-order valence-corrected chi connectivity index (χ4v) is 3.31. The lowest BCUT2D eigenvalue weighted by Gasteiger charge is -2.09. The number of rotatable bonds is 4. The smallest absolute Gasteiger partial charge is 0.229 e. The van der Waals surface area contributed by atoms with Gasteiger partial charge in [0, 0.05) is 23.3 Å². The number of aromatic nitrogens is 4. The fraction of sp³-hybridized carbons (Fsp3) is 0.0455. The highest BCUT2D eigenvalue weighted by Gasteiger charge is 2.12. The maximum absolute atomic E-state index is 13.6. The molecule has 0 saturated heterocycles. The van der Waals surface area contributed by atoms with Crippen LogP contribution in [0.4, 0.5) is 16.0 Å². The van der Waals surface area contributed by atoms with Crippen LogP contribution in [0.15, 0.2) is 73.1 Å². The third-order valence-corrected chi connectivity index (χ3v) is 4.71. The van der Waals surface area contributed by atoms with Gasteiger partial charge in [0.25, 0.3) is 0 Å².